The molecule has 1 amide bonds. The van der Waals surface area contributed by atoms with Crippen LogP contribution in [0.2, 0.25) is 0 Å². The Labute approximate surface area is 150 Å². The third-order valence-electron chi connectivity index (χ3n) is 4.92. The molecule has 1 fully saturated rings. The van der Waals surface area contributed by atoms with Gasteiger partial charge in [0.2, 0.25) is 5.91 Å². The first kappa shape index (κ1) is 18.8. The third-order valence-corrected chi connectivity index (χ3v) is 4.92. The van der Waals surface area contributed by atoms with Crippen LogP contribution in [0.25, 0.3) is 11.0 Å². The second-order valence-electron chi connectivity index (χ2n) is 6.56. The molecule has 1 aromatic heterocycles. The molecule has 24 heavy (non-hydrogen) atoms. The number of para-hydroxylation sites is 1. The molecule has 1 N–H and O–H groups in total. The van der Waals surface area contributed by atoms with Gasteiger partial charge in [-0.05, 0) is 52.3 Å². The van der Waals surface area contributed by atoms with Crippen LogP contribution in [0, 0.1) is 5.92 Å². The number of nitrogens with zero attached hydrogens (tertiary/aromatic N) is 1. The first-order valence-corrected chi connectivity index (χ1v) is 8.62. The molecule has 0 aliphatic carbocycles. The van der Waals surface area contributed by atoms with Gasteiger partial charge in [0.25, 0.3) is 0 Å². The van der Waals surface area contributed by atoms with Gasteiger partial charge in [0.15, 0.2) is 0 Å². The summed E-state index contributed by atoms with van der Waals surface area (Å²) in [5.74, 6) is 1.25. The van der Waals surface area contributed by atoms with Crippen LogP contribution in [0.4, 0.5) is 0 Å². The molecule has 0 spiro atoms. The Hall–Kier alpha value is -1.52. The van der Waals surface area contributed by atoms with E-state index in [-0.39, 0.29) is 30.3 Å². The lowest BCUT2D eigenvalue weighted by molar-refractivity contribution is -0.139. The zero-order valence-electron chi connectivity index (χ0n) is 14.6. The topological polar surface area (TPSA) is 45.5 Å². The van der Waals surface area contributed by atoms with Crippen LogP contribution in [0.3, 0.4) is 0 Å². The van der Waals surface area contributed by atoms with Gasteiger partial charge in [-0.2, -0.15) is 0 Å². The van der Waals surface area contributed by atoms with Crippen molar-refractivity contribution in [1.82, 2.24) is 10.2 Å². The number of rotatable bonds is 4. The molecule has 3 atom stereocenters. The smallest absolute Gasteiger partial charge is 0.226 e. The Morgan fingerprint density at radius 1 is 1.42 bits per heavy atom. The molecular weight excluding hydrogens is 324 g/mol. The Bertz CT molecular complexity index is 652. The van der Waals surface area contributed by atoms with E-state index in [1.807, 2.05) is 36.1 Å². The van der Waals surface area contributed by atoms with E-state index in [1.54, 1.807) is 0 Å². The average Bonchev–Trinajstić information content (AvgIpc) is 2.99. The highest BCUT2D eigenvalue weighted by Crippen LogP contribution is 2.29. The molecule has 1 unspecified atom stereocenters. The lowest BCUT2D eigenvalue weighted by atomic mass is 9.91. The summed E-state index contributed by atoms with van der Waals surface area (Å²) in [6.45, 7) is 7.88. The highest BCUT2D eigenvalue weighted by atomic mass is 35.5. The number of fused-ring (bicyclic) bond motifs is 1. The van der Waals surface area contributed by atoms with Crippen molar-refractivity contribution in [3.05, 3.63) is 36.1 Å². The SMILES string of the molecule is CCN(C(=O)[C@H]1CCN[C@@H](C)C1)C(C)c1cc2ccccc2o1.Cl. The number of amides is 1. The zero-order valence-corrected chi connectivity index (χ0v) is 15.4. The molecule has 4 nitrogen and oxygen atoms in total. The first-order valence-electron chi connectivity index (χ1n) is 8.62. The van der Waals surface area contributed by atoms with Crippen LogP contribution < -0.4 is 5.32 Å². The number of carbonyl (C=O) groups excluding carboxylic acids is 1. The molecule has 0 saturated carbocycles. The number of carbonyl (C=O) groups is 1. The molecule has 0 radical (unpaired) electrons. The van der Waals surface area contributed by atoms with Crippen LogP contribution in [-0.4, -0.2) is 29.9 Å². The Kier molecular flexibility index (Phi) is 6.30. The maximum Gasteiger partial charge on any atom is 0.226 e. The molecule has 5 heteroatoms. The summed E-state index contributed by atoms with van der Waals surface area (Å²) in [5, 5.41) is 4.50. The summed E-state index contributed by atoms with van der Waals surface area (Å²) in [6, 6.07) is 10.4. The first-order chi connectivity index (χ1) is 11.1. The average molecular weight is 351 g/mol. The summed E-state index contributed by atoms with van der Waals surface area (Å²) >= 11 is 0. The molecule has 2 heterocycles. The number of piperidine rings is 1. The maximum atomic E-state index is 13.0. The van der Waals surface area contributed by atoms with E-state index in [9.17, 15) is 4.79 Å². The molecule has 0 bridgehead atoms. The van der Waals surface area contributed by atoms with Gasteiger partial charge in [-0.15, -0.1) is 12.4 Å². The molecule has 2 aromatic rings. The van der Waals surface area contributed by atoms with Crippen LogP contribution in [-0.2, 0) is 4.79 Å². The van der Waals surface area contributed by atoms with Gasteiger partial charge in [-0.1, -0.05) is 18.2 Å². The summed E-state index contributed by atoms with van der Waals surface area (Å²) in [4.78, 5) is 14.9. The van der Waals surface area contributed by atoms with E-state index in [0.717, 1.165) is 36.1 Å². The lowest BCUT2D eigenvalue weighted by Crippen LogP contribution is -2.44. The van der Waals surface area contributed by atoms with E-state index in [2.05, 4.69) is 25.2 Å². The van der Waals surface area contributed by atoms with Crippen molar-refractivity contribution in [2.24, 2.45) is 5.92 Å². The molecule has 1 aliphatic rings. The number of benzene rings is 1. The van der Waals surface area contributed by atoms with E-state index in [4.69, 9.17) is 4.42 Å². The van der Waals surface area contributed by atoms with Crippen molar-refractivity contribution >= 4 is 29.3 Å². The highest BCUT2D eigenvalue weighted by molar-refractivity contribution is 5.85. The minimum atomic E-state index is -0.0370. The van der Waals surface area contributed by atoms with Crippen molar-refractivity contribution < 1.29 is 9.21 Å². The predicted octanol–water partition coefficient (Wildman–Crippen LogP) is 4.15. The van der Waals surface area contributed by atoms with E-state index >= 15 is 0 Å². The molecular formula is C19H27ClN2O2. The summed E-state index contributed by atoms with van der Waals surface area (Å²) in [6.07, 6.45) is 1.84. The fourth-order valence-corrected chi connectivity index (χ4v) is 3.57. The standard InChI is InChI=1S/C19H26N2O2.ClH/c1-4-21(19(22)16-9-10-20-13(2)11-16)14(3)18-12-15-7-5-6-8-17(15)23-18;/h5-8,12-14,16,20H,4,9-11H2,1-3H3;1H/t13-,14?,16-;/m0./s1. The predicted molar refractivity (Wildman–Crippen MR) is 99.5 cm³/mol. The van der Waals surface area contributed by atoms with Crippen LogP contribution in [0.5, 0.6) is 0 Å². The number of hydrogen-bond donors (Lipinski definition) is 1. The largest absolute Gasteiger partial charge is 0.459 e. The van der Waals surface area contributed by atoms with Crippen molar-refractivity contribution in [3.8, 4) is 0 Å². The van der Waals surface area contributed by atoms with Gasteiger partial charge in [0.1, 0.15) is 11.3 Å². The van der Waals surface area contributed by atoms with Gasteiger partial charge in [0, 0.05) is 23.9 Å². The zero-order chi connectivity index (χ0) is 16.4. The minimum absolute atomic E-state index is 0. The van der Waals surface area contributed by atoms with Gasteiger partial charge >= 0.3 is 0 Å². The van der Waals surface area contributed by atoms with Gasteiger partial charge in [-0.3, -0.25) is 4.79 Å². The monoisotopic (exact) mass is 350 g/mol. The van der Waals surface area contributed by atoms with E-state index in [0.29, 0.717) is 12.6 Å². The van der Waals surface area contributed by atoms with Crippen LogP contribution in [0.1, 0.15) is 45.4 Å². The van der Waals surface area contributed by atoms with Crippen molar-refractivity contribution in [2.45, 2.75) is 45.7 Å². The van der Waals surface area contributed by atoms with E-state index in [1.165, 1.54) is 0 Å². The maximum absolute atomic E-state index is 13.0. The van der Waals surface area contributed by atoms with Crippen LogP contribution >= 0.6 is 12.4 Å². The van der Waals surface area contributed by atoms with Crippen molar-refractivity contribution in [3.63, 3.8) is 0 Å². The Morgan fingerprint density at radius 2 is 2.17 bits per heavy atom. The molecule has 3 rings (SSSR count). The highest BCUT2D eigenvalue weighted by Gasteiger charge is 2.31. The van der Waals surface area contributed by atoms with Crippen LogP contribution in [0.15, 0.2) is 34.7 Å². The Morgan fingerprint density at radius 3 is 2.83 bits per heavy atom. The second-order valence-corrected chi connectivity index (χ2v) is 6.56. The molecule has 132 valence electrons. The summed E-state index contributed by atoms with van der Waals surface area (Å²) in [5.41, 5.74) is 0.883. The van der Waals surface area contributed by atoms with Crippen molar-refractivity contribution in [1.29, 1.82) is 0 Å². The third kappa shape index (κ3) is 3.76. The second kappa shape index (κ2) is 8.04. The van der Waals surface area contributed by atoms with E-state index < -0.39 is 0 Å². The molecule has 1 aromatic carbocycles. The summed E-state index contributed by atoms with van der Waals surface area (Å²) in [7, 11) is 0. The number of halogens is 1. The van der Waals surface area contributed by atoms with Gasteiger partial charge in [0.05, 0.1) is 6.04 Å². The fraction of sp³-hybridized carbons (Fsp3) is 0.526. The number of furan rings is 1. The summed E-state index contributed by atoms with van der Waals surface area (Å²) < 4.78 is 5.97. The Balaban J connectivity index is 0.00000208. The number of hydrogen-bond acceptors (Lipinski definition) is 3. The fourth-order valence-electron chi connectivity index (χ4n) is 3.57. The normalized spacial score (nSPS) is 22.0. The van der Waals surface area contributed by atoms with Crippen molar-refractivity contribution in [2.75, 3.05) is 13.1 Å². The molecule has 1 aliphatic heterocycles. The quantitative estimate of drug-likeness (QED) is 0.900. The minimum Gasteiger partial charge on any atom is -0.459 e. The van der Waals surface area contributed by atoms with Gasteiger partial charge < -0.3 is 14.6 Å². The lowest BCUT2D eigenvalue weighted by Gasteiger charge is -2.34. The number of nitrogens with one attached hydrogen (secondary N) is 1. The van der Waals surface area contributed by atoms with Gasteiger partial charge in [-0.25, -0.2) is 0 Å². The molecule has 1 saturated heterocycles.